The van der Waals surface area contributed by atoms with Crippen LogP contribution in [0.3, 0.4) is 0 Å². The molecule has 38 heavy (non-hydrogen) atoms. The first kappa shape index (κ1) is 26.7. The SMILES string of the molecule is CC1CC=CC=C1Oc1ccc(NC(=O)C(COCc2ccccc2)NC(=O)Cc2cccc(N)c2)cc1. The maximum Gasteiger partial charge on any atom is 0.249 e. The lowest BCUT2D eigenvalue weighted by Crippen LogP contribution is -2.47. The fourth-order valence-corrected chi connectivity index (χ4v) is 4.02. The number of anilines is 2. The lowest BCUT2D eigenvalue weighted by Gasteiger charge is -2.20. The Morgan fingerprint density at radius 2 is 1.76 bits per heavy atom. The molecule has 0 bridgehead atoms. The summed E-state index contributed by atoms with van der Waals surface area (Å²) in [6.07, 6.45) is 7.12. The van der Waals surface area contributed by atoms with Crippen molar-refractivity contribution in [2.75, 3.05) is 17.7 Å². The second kappa shape index (κ2) is 13.3. The fraction of sp³-hybridized carbons (Fsp3) is 0.226. The highest BCUT2D eigenvalue weighted by Gasteiger charge is 2.22. The van der Waals surface area contributed by atoms with Gasteiger partial charge in [-0.15, -0.1) is 0 Å². The van der Waals surface area contributed by atoms with E-state index in [4.69, 9.17) is 15.2 Å². The summed E-state index contributed by atoms with van der Waals surface area (Å²) in [5.41, 5.74) is 8.74. The average molecular weight is 512 g/mol. The first-order chi connectivity index (χ1) is 18.5. The van der Waals surface area contributed by atoms with Crippen molar-refractivity contribution in [2.24, 2.45) is 5.92 Å². The summed E-state index contributed by atoms with van der Waals surface area (Å²) >= 11 is 0. The quantitative estimate of drug-likeness (QED) is 0.314. The molecule has 196 valence electrons. The second-order valence-electron chi connectivity index (χ2n) is 9.29. The van der Waals surface area contributed by atoms with Crippen molar-refractivity contribution in [2.45, 2.75) is 32.4 Å². The van der Waals surface area contributed by atoms with E-state index >= 15 is 0 Å². The van der Waals surface area contributed by atoms with Crippen molar-refractivity contribution in [3.63, 3.8) is 0 Å². The summed E-state index contributed by atoms with van der Waals surface area (Å²) in [6, 6.07) is 23.0. The van der Waals surface area contributed by atoms with Gasteiger partial charge in [0.05, 0.1) is 19.6 Å². The van der Waals surface area contributed by atoms with Crippen LogP contribution in [0.5, 0.6) is 5.75 Å². The van der Waals surface area contributed by atoms with Crippen LogP contribution >= 0.6 is 0 Å². The molecule has 0 saturated heterocycles. The van der Waals surface area contributed by atoms with Crippen molar-refractivity contribution in [3.05, 3.63) is 114 Å². The Bertz CT molecular complexity index is 1290. The zero-order valence-electron chi connectivity index (χ0n) is 21.4. The highest BCUT2D eigenvalue weighted by molar-refractivity contribution is 5.97. The number of hydrogen-bond donors (Lipinski definition) is 3. The molecule has 4 N–H and O–H groups in total. The summed E-state index contributed by atoms with van der Waals surface area (Å²) in [7, 11) is 0. The van der Waals surface area contributed by atoms with Crippen LogP contribution in [0.2, 0.25) is 0 Å². The number of hydrogen-bond acceptors (Lipinski definition) is 5. The van der Waals surface area contributed by atoms with E-state index in [0.29, 0.717) is 29.6 Å². The van der Waals surface area contributed by atoms with Gasteiger partial charge in [-0.25, -0.2) is 0 Å². The molecule has 2 amide bonds. The number of carbonyl (C=O) groups is 2. The highest BCUT2D eigenvalue weighted by Crippen LogP contribution is 2.25. The van der Waals surface area contributed by atoms with E-state index in [9.17, 15) is 9.59 Å². The number of nitrogens with two attached hydrogens (primary N) is 1. The normalized spacial score (nSPS) is 15.3. The van der Waals surface area contributed by atoms with Gasteiger partial charge in [-0.3, -0.25) is 9.59 Å². The second-order valence-corrected chi connectivity index (χ2v) is 9.29. The fourth-order valence-electron chi connectivity index (χ4n) is 4.02. The molecule has 0 fully saturated rings. The summed E-state index contributed by atoms with van der Waals surface area (Å²) in [6.45, 7) is 2.46. The Kier molecular flexibility index (Phi) is 9.32. The van der Waals surface area contributed by atoms with Crippen LogP contribution in [-0.2, 0) is 27.4 Å². The van der Waals surface area contributed by atoms with E-state index in [0.717, 1.165) is 23.3 Å². The molecule has 2 atom stereocenters. The first-order valence-electron chi connectivity index (χ1n) is 12.7. The number of carbonyl (C=O) groups excluding carboxylic acids is 2. The molecule has 0 aromatic heterocycles. The molecular weight excluding hydrogens is 478 g/mol. The third kappa shape index (κ3) is 8.08. The van der Waals surface area contributed by atoms with Crippen molar-refractivity contribution in [1.82, 2.24) is 5.32 Å². The number of rotatable bonds is 11. The molecule has 1 aliphatic carbocycles. The Labute approximate surface area is 223 Å². The number of nitrogens with one attached hydrogen (secondary N) is 2. The maximum atomic E-state index is 13.2. The Morgan fingerprint density at radius 3 is 2.50 bits per heavy atom. The van der Waals surface area contributed by atoms with Gasteiger partial charge >= 0.3 is 0 Å². The van der Waals surface area contributed by atoms with Crippen molar-refractivity contribution >= 4 is 23.2 Å². The molecule has 7 nitrogen and oxygen atoms in total. The van der Waals surface area contributed by atoms with Gasteiger partial charge < -0.3 is 25.8 Å². The van der Waals surface area contributed by atoms with Crippen LogP contribution in [0.25, 0.3) is 0 Å². The van der Waals surface area contributed by atoms with Gasteiger partial charge in [-0.1, -0.05) is 61.5 Å². The highest BCUT2D eigenvalue weighted by atomic mass is 16.5. The number of nitrogen functional groups attached to an aromatic ring is 1. The van der Waals surface area contributed by atoms with Crippen LogP contribution in [0.4, 0.5) is 11.4 Å². The third-order valence-electron chi connectivity index (χ3n) is 6.09. The molecule has 1 aliphatic rings. The molecule has 4 rings (SSSR count). The molecular formula is C31H33N3O4. The van der Waals surface area contributed by atoms with E-state index < -0.39 is 6.04 Å². The third-order valence-corrected chi connectivity index (χ3v) is 6.09. The smallest absolute Gasteiger partial charge is 0.249 e. The monoisotopic (exact) mass is 511 g/mol. The summed E-state index contributed by atoms with van der Waals surface area (Å²) in [5, 5.41) is 5.68. The largest absolute Gasteiger partial charge is 0.461 e. The Hall–Kier alpha value is -4.36. The standard InChI is InChI=1S/C31H33N3O4/c1-22-8-5-6-13-29(22)38-27-16-14-26(15-17-27)33-31(36)28(21-37-20-23-9-3-2-4-10-23)34-30(35)19-24-11-7-12-25(32)18-24/h2-7,9-18,22,28H,8,19-21,32H2,1H3,(H,33,36)(H,34,35). The van der Waals surface area contributed by atoms with Crippen LogP contribution in [0.15, 0.2) is 103 Å². The lowest BCUT2D eigenvalue weighted by atomic mass is 10.0. The van der Waals surface area contributed by atoms with Gasteiger partial charge in [-0.05, 0) is 60.0 Å². The number of ether oxygens (including phenoxy) is 2. The average Bonchev–Trinajstić information content (AvgIpc) is 2.91. The van der Waals surface area contributed by atoms with Gasteiger partial charge in [-0.2, -0.15) is 0 Å². The van der Waals surface area contributed by atoms with E-state index in [1.807, 2.05) is 48.6 Å². The molecule has 0 radical (unpaired) electrons. The van der Waals surface area contributed by atoms with Crippen LogP contribution in [-0.4, -0.2) is 24.5 Å². The maximum absolute atomic E-state index is 13.2. The molecule has 7 heteroatoms. The number of allylic oxidation sites excluding steroid dienone is 4. The lowest BCUT2D eigenvalue weighted by molar-refractivity contribution is -0.127. The van der Waals surface area contributed by atoms with Gasteiger partial charge in [0.2, 0.25) is 11.8 Å². The van der Waals surface area contributed by atoms with E-state index in [2.05, 4.69) is 23.6 Å². The molecule has 2 unspecified atom stereocenters. The molecule has 0 aliphatic heterocycles. The molecule has 0 heterocycles. The predicted octanol–water partition coefficient (Wildman–Crippen LogP) is 5.01. The van der Waals surface area contributed by atoms with Gasteiger partial charge in [0, 0.05) is 17.3 Å². The van der Waals surface area contributed by atoms with Gasteiger partial charge in [0.1, 0.15) is 17.6 Å². The minimum atomic E-state index is -0.886. The molecule has 0 spiro atoms. The Balaban J connectivity index is 1.38. The Morgan fingerprint density at radius 1 is 1.00 bits per heavy atom. The van der Waals surface area contributed by atoms with E-state index in [1.165, 1.54) is 0 Å². The zero-order valence-corrected chi connectivity index (χ0v) is 21.4. The number of amides is 2. The van der Waals surface area contributed by atoms with Crippen molar-refractivity contribution < 1.29 is 19.1 Å². The summed E-state index contributed by atoms with van der Waals surface area (Å²) in [5.74, 6) is 1.23. The topological polar surface area (TPSA) is 103 Å². The van der Waals surface area contributed by atoms with Crippen molar-refractivity contribution in [1.29, 1.82) is 0 Å². The zero-order chi connectivity index (χ0) is 26.7. The molecule has 0 saturated carbocycles. The van der Waals surface area contributed by atoms with Crippen LogP contribution in [0.1, 0.15) is 24.5 Å². The number of benzene rings is 3. The van der Waals surface area contributed by atoms with E-state index in [1.54, 1.807) is 42.5 Å². The molecule has 3 aromatic rings. The molecule has 3 aromatic carbocycles. The minimum absolute atomic E-state index is 0.0180. The summed E-state index contributed by atoms with van der Waals surface area (Å²) in [4.78, 5) is 25.9. The van der Waals surface area contributed by atoms with Crippen LogP contribution in [0, 0.1) is 5.92 Å². The van der Waals surface area contributed by atoms with E-state index in [-0.39, 0.29) is 24.8 Å². The predicted molar refractivity (Wildman–Crippen MR) is 149 cm³/mol. The van der Waals surface area contributed by atoms with Gasteiger partial charge in [0.15, 0.2) is 0 Å². The first-order valence-corrected chi connectivity index (χ1v) is 12.7. The minimum Gasteiger partial charge on any atom is -0.461 e. The van der Waals surface area contributed by atoms with Crippen LogP contribution < -0.4 is 21.1 Å². The summed E-state index contributed by atoms with van der Waals surface area (Å²) < 4.78 is 11.8. The van der Waals surface area contributed by atoms with Crippen molar-refractivity contribution in [3.8, 4) is 5.75 Å². The van der Waals surface area contributed by atoms with Gasteiger partial charge in [0.25, 0.3) is 0 Å².